The number of nitro benzene ring substituents is 1. The lowest BCUT2D eigenvalue weighted by atomic mass is 10.2. The van der Waals surface area contributed by atoms with E-state index in [0.29, 0.717) is 62.0 Å². The maximum atomic E-state index is 15.0. The summed E-state index contributed by atoms with van der Waals surface area (Å²) in [6, 6.07) is 8.85. The Kier molecular flexibility index (Phi) is 8.48. The van der Waals surface area contributed by atoms with Crippen molar-refractivity contribution in [2.75, 3.05) is 74.5 Å². The van der Waals surface area contributed by atoms with Gasteiger partial charge in [-0.15, -0.1) is 0 Å². The molecule has 0 spiro atoms. The van der Waals surface area contributed by atoms with Gasteiger partial charge in [0.15, 0.2) is 5.78 Å². The van der Waals surface area contributed by atoms with E-state index in [1.807, 2.05) is 9.80 Å². The van der Waals surface area contributed by atoms with Crippen LogP contribution in [0.2, 0.25) is 0 Å². The van der Waals surface area contributed by atoms with E-state index >= 15 is 4.39 Å². The normalized spacial score (nSPS) is 17.8. The fourth-order valence-corrected chi connectivity index (χ4v) is 4.55. The molecule has 2 aromatic rings. The highest BCUT2D eigenvalue weighted by Crippen LogP contribution is 2.30. The Morgan fingerprint density at radius 3 is 2.66 bits per heavy atom. The van der Waals surface area contributed by atoms with E-state index in [2.05, 4.69) is 22.3 Å². The van der Waals surface area contributed by atoms with E-state index < -0.39 is 16.8 Å². The van der Waals surface area contributed by atoms with E-state index in [-0.39, 0.29) is 30.7 Å². The zero-order chi connectivity index (χ0) is 27.2. The summed E-state index contributed by atoms with van der Waals surface area (Å²) in [6.07, 6.45) is -0.777. The van der Waals surface area contributed by atoms with Crippen LogP contribution in [0.5, 0.6) is 0 Å². The number of carbonyl (C=O) groups is 2. The van der Waals surface area contributed by atoms with Gasteiger partial charge < -0.3 is 20.3 Å². The highest BCUT2D eigenvalue weighted by atomic mass is 19.1. The predicted octanol–water partition coefficient (Wildman–Crippen LogP) is 2.41. The molecule has 2 N–H and O–H groups in total. The monoisotopic (exact) mass is 527 g/mol. The summed E-state index contributed by atoms with van der Waals surface area (Å²) < 4.78 is 20.3. The van der Waals surface area contributed by atoms with Crippen molar-refractivity contribution in [2.24, 2.45) is 4.99 Å². The molecule has 38 heavy (non-hydrogen) atoms. The number of cyclic esters (lactones) is 1. The Morgan fingerprint density at radius 1 is 1.24 bits per heavy atom. The van der Waals surface area contributed by atoms with Gasteiger partial charge in [-0.2, -0.15) is 0 Å². The lowest BCUT2D eigenvalue weighted by Gasteiger charge is -2.36. The molecule has 202 valence electrons. The lowest BCUT2D eigenvalue weighted by molar-refractivity contribution is -0.384. The van der Waals surface area contributed by atoms with E-state index in [4.69, 9.17) is 4.74 Å². The molecule has 1 unspecified atom stereocenters. The molecule has 2 aromatic carbocycles. The van der Waals surface area contributed by atoms with Crippen LogP contribution >= 0.6 is 0 Å². The van der Waals surface area contributed by atoms with Crippen molar-refractivity contribution in [1.29, 1.82) is 0 Å². The number of rotatable bonds is 11. The van der Waals surface area contributed by atoms with Gasteiger partial charge in [0.1, 0.15) is 11.9 Å². The first-order chi connectivity index (χ1) is 18.3. The van der Waals surface area contributed by atoms with Gasteiger partial charge in [-0.3, -0.25) is 29.7 Å². The van der Waals surface area contributed by atoms with Gasteiger partial charge in [0.25, 0.3) is 5.69 Å². The predicted molar refractivity (Wildman–Crippen MR) is 142 cm³/mol. The summed E-state index contributed by atoms with van der Waals surface area (Å²) in [6.45, 7) is 6.69. The summed E-state index contributed by atoms with van der Waals surface area (Å²) in [5.41, 5.74) is 1.57. The van der Waals surface area contributed by atoms with E-state index in [1.165, 1.54) is 29.2 Å². The van der Waals surface area contributed by atoms with Crippen LogP contribution in [0.1, 0.15) is 0 Å². The number of nitro groups is 1. The van der Waals surface area contributed by atoms with Crippen LogP contribution in [-0.4, -0.2) is 93.9 Å². The van der Waals surface area contributed by atoms with Crippen LogP contribution in [0.4, 0.5) is 37.6 Å². The zero-order valence-electron chi connectivity index (χ0n) is 21.1. The first-order valence-electron chi connectivity index (χ1n) is 12.2. The number of hydrogen-bond acceptors (Lipinski definition) is 10. The number of ether oxygens (including phenoxy) is 1. The number of amides is 1. The molecule has 4 rings (SSSR count). The van der Waals surface area contributed by atoms with Gasteiger partial charge in [-0.1, -0.05) is 0 Å². The van der Waals surface area contributed by atoms with E-state index in [1.54, 1.807) is 19.2 Å². The molecule has 2 saturated heterocycles. The number of ketones is 1. The average Bonchev–Trinajstić information content (AvgIpc) is 3.27. The lowest BCUT2D eigenvalue weighted by Crippen LogP contribution is -2.48. The minimum absolute atomic E-state index is 0.0197. The molecule has 0 aliphatic carbocycles. The molecule has 2 fully saturated rings. The number of nitrogens with one attached hydrogen (secondary N) is 2. The highest BCUT2D eigenvalue weighted by Gasteiger charge is 2.32. The maximum absolute atomic E-state index is 15.0. The zero-order valence-corrected chi connectivity index (χ0v) is 21.1. The van der Waals surface area contributed by atoms with Crippen LogP contribution < -0.4 is 20.4 Å². The van der Waals surface area contributed by atoms with Crippen molar-refractivity contribution in [3.05, 3.63) is 52.3 Å². The molecule has 0 saturated carbocycles. The Morgan fingerprint density at radius 2 is 2.00 bits per heavy atom. The first kappa shape index (κ1) is 26.9. The van der Waals surface area contributed by atoms with Gasteiger partial charge in [0, 0.05) is 44.9 Å². The summed E-state index contributed by atoms with van der Waals surface area (Å²) in [5.74, 6) is -0.519. The van der Waals surface area contributed by atoms with Crippen LogP contribution in [0.3, 0.4) is 0 Å². The summed E-state index contributed by atoms with van der Waals surface area (Å²) in [4.78, 5) is 44.4. The number of carbonyl (C=O) groups excluding carboxylic acids is 2. The van der Waals surface area contributed by atoms with Gasteiger partial charge >= 0.3 is 6.09 Å². The van der Waals surface area contributed by atoms with Crippen LogP contribution in [-0.2, 0) is 9.53 Å². The number of aliphatic imine (C=N–C) groups is 1. The van der Waals surface area contributed by atoms with E-state index in [9.17, 15) is 19.7 Å². The number of Topliss-reactive ketones (excluding diaryl/α,β-unsaturated/α-hetero) is 1. The van der Waals surface area contributed by atoms with E-state index in [0.717, 1.165) is 0 Å². The van der Waals surface area contributed by atoms with Gasteiger partial charge in [0.05, 0.1) is 47.3 Å². The second-order valence-corrected chi connectivity index (χ2v) is 9.08. The molecule has 1 atom stereocenters. The summed E-state index contributed by atoms with van der Waals surface area (Å²) in [5, 5.41) is 16.9. The van der Waals surface area contributed by atoms with Gasteiger partial charge in [-0.25, -0.2) is 9.18 Å². The fraction of sp³-hybridized carbons (Fsp3) is 0.400. The van der Waals surface area contributed by atoms with Crippen LogP contribution in [0.15, 0.2) is 41.4 Å². The Balaban J connectivity index is 1.28. The number of hydrogen-bond donors (Lipinski definition) is 2. The minimum Gasteiger partial charge on any atom is -0.443 e. The van der Waals surface area contributed by atoms with Crippen LogP contribution in [0, 0.1) is 15.9 Å². The third-order valence-electron chi connectivity index (χ3n) is 6.50. The largest absolute Gasteiger partial charge is 0.443 e. The molecule has 2 heterocycles. The Hall–Kier alpha value is -4.10. The molecule has 1 amide bonds. The molecule has 12 nitrogen and oxygen atoms in total. The number of likely N-dealkylation sites (N-methyl/N-ethyl adjacent to an activating group) is 1. The number of anilines is 3. The summed E-state index contributed by atoms with van der Waals surface area (Å²) in [7, 11) is 1.77. The SMILES string of the molecule is C=Nc1ccc([N+](=O)[O-])cc1NCC(=O)CN1CCN(c2ccc(N3CC(CNC)OC3=O)cc2F)CC1. The molecule has 2 aliphatic rings. The second kappa shape index (κ2) is 12.0. The standard InChI is InChI=1S/C25H30FN7O5/c1-27-14-20-16-32(25(35)38-20)17-4-6-24(21(26)11-17)31-9-7-30(8-10-31)15-19(34)13-29-23-12-18(33(36)37)3-5-22(23)28-2/h3-6,11-12,20,27,29H,2,7-10,13-16H2,1H3. The number of non-ortho nitro benzene ring substituents is 1. The molecule has 0 aromatic heterocycles. The van der Waals surface area contributed by atoms with Crippen molar-refractivity contribution in [3.8, 4) is 0 Å². The number of nitrogens with zero attached hydrogens (tertiary/aromatic N) is 5. The van der Waals surface area contributed by atoms with Crippen molar-refractivity contribution < 1.29 is 23.6 Å². The quantitative estimate of drug-likeness (QED) is 0.257. The smallest absolute Gasteiger partial charge is 0.414 e. The van der Waals surface area contributed by atoms with Crippen molar-refractivity contribution >= 4 is 47.0 Å². The number of benzene rings is 2. The van der Waals surface area contributed by atoms with Gasteiger partial charge in [0.2, 0.25) is 0 Å². The topological polar surface area (TPSA) is 133 Å². The molecule has 13 heteroatoms. The van der Waals surface area contributed by atoms with Crippen LogP contribution in [0.25, 0.3) is 0 Å². The van der Waals surface area contributed by atoms with Crippen molar-refractivity contribution in [3.63, 3.8) is 0 Å². The molecule has 0 radical (unpaired) electrons. The average molecular weight is 528 g/mol. The first-order valence-corrected chi connectivity index (χ1v) is 12.2. The Bertz CT molecular complexity index is 1220. The Labute approximate surface area is 219 Å². The molecule has 2 aliphatic heterocycles. The second-order valence-electron chi connectivity index (χ2n) is 9.08. The van der Waals surface area contributed by atoms with Gasteiger partial charge in [-0.05, 0) is 38.0 Å². The maximum Gasteiger partial charge on any atom is 0.414 e. The highest BCUT2D eigenvalue weighted by molar-refractivity contribution is 5.90. The molecular formula is C25H30FN7O5. The molecule has 0 bridgehead atoms. The minimum atomic E-state index is -0.517. The van der Waals surface area contributed by atoms with Crippen molar-refractivity contribution in [2.45, 2.75) is 6.10 Å². The fourth-order valence-electron chi connectivity index (χ4n) is 4.55. The number of piperazine rings is 1. The third kappa shape index (κ3) is 6.23. The third-order valence-corrected chi connectivity index (χ3v) is 6.50. The number of halogens is 1. The van der Waals surface area contributed by atoms with Crippen molar-refractivity contribution in [1.82, 2.24) is 10.2 Å². The summed E-state index contributed by atoms with van der Waals surface area (Å²) >= 11 is 0. The molecular weight excluding hydrogens is 497 g/mol.